The third-order valence-corrected chi connectivity index (χ3v) is 3.41. The Bertz CT molecular complexity index is 576. The number of rotatable bonds is 3. The van der Waals surface area contributed by atoms with Gasteiger partial charge in [0.1, 0.15) is 11.6 Å². The van der Waals surface area contributed by atoms with Crippen LogP contribution in [0.3, 0.4) is 0 Å². The quantitative estimate of drug-likeness (QED) is 0.658. The third kappa shape index (κ3) is 2.50. The topological polar surface area (TPSA) is 38.0 Å². The molecule has 0 radical (unpaired) electrons. The van der Waals surface area contributed by atoms with Crippen LogP contribution in [0.4, 0.5) is 8.78 Å². The molecule has 2 nitrogen and oxygen atoms in total. The lowest BCUT2D eigenvalue weighted by molar-refractivity contribution is 0.509. The Kier molecular flexibility index (Phi) is 3.93. The van der Waals surface area contributed by atoms with Crippen molar-refractivity contribution in [2.75, 3.05) is 0 Å². The minimum atomic E-state index is -0.707. The summed E-state index contributed by atoms with van der Waals surface area (Å²) < 4.78 is 27.7. The molecule has 19 heavy (non-hydrogen) atoms. The number of benzene rings is 2. The number of hydrazine groups is 1. The van der Waals surface area contributed by atoms with Crippen molar-refractivity contribution in [2.24, 2.45) is 5.84 Å². The fraction of sp³-hybridized carbons (Fsp3) is 0.200. The first kappa shape index (κ1) is 13.6. The summed E-state index contributed by atoms with van der Waals surface area (Å²) in [6, 6.07) is 8.71. The summed E-state index contributed by atoms with van der Waals surface area (Å²) in [5, 5.41) is 0. The molecule has 0 saturated heterocycles. The van der Waals surface area contributed by atoms with Gasteiger partial charge in [-0.15, -0.1) is 0 Å². The van der Waals surface area contributed by atoms with E-state index in [4.69, 9.17) is 5.84 Å². The normalized spacial score (nSPS) is 12.5. The van der Waals surface area contributed by atoms with Crippen LogP contribution in [0.15, 0.2) is 36.4 Å². The summed E-state index contributed by atoms with van der Waals surface area (Å²) in [6.45, 7) is 3.86. The molecule has 3 N–H and O–H groups in total. The monoisotopic (exact) mass is 262 g/mol. The van der Waals surface area contributed by atoms with Crippen LogP contribution in [0.5, 0.6) is 0 Å². The maximum Gasteiger partial charge on any atom is 0.131 e. The van der Waals surface area contributed by atoms with Crippen molar-refractivity contribution in [1.29, 1.82) is 0 Å². The van der Waals surface area contributed by atoms with Crippen LogP contribution in [0.25, 0.3) is 0 Å². The maximum atomic E-state index is 13.9. The molecule has 0 aliphatic rings. The molecule has 1 atom stereocenters. The zero-order valence-corrected chi connectivity index (χ0v) is 10.9. The highest BCUT2D eigenvalue weighted by atomic mass is 19.1. The van der Waals surface area contributed by atoms with Crippen molar-refractivity contribution in [3.05, 3.63) is 70.3 Å². The van der Waals surface area contributed by atoms with E-state index in [1.807, 2.05) is 32.0 Å². The minimum absolute atomic E-state index is 0.0568. The van der Waals surface area contributed by atoms with Gasteiger partial charge in [0.2, 0.25) is 0 Å². The molecule has 0 bridgehead atoms. The summed E-state index contributed by atoms with van der Waals surface area (Å²) in [5.41, 5.74) is 5.23. The van der Waals surface area contributed by atoms with Crippen molar-refractivity contribution in [3.8, 4) is 0 Å². The third-order valence-electron chi connectivity index (χ3n) is 3.41. The average molecular weight is 262 g/mol. The van der Waals surface area contributed by atoms with E-state index in [0.29, 0.717) is 0 Å². The first-order valence-corrected chi connectivity index (χ1v) is 6.02. The lowest BCUT2D eigenvalue weighted by Crippen LogP contribution is -2.31. The summed E-state index contributed by atoms with van der Waals surface area (Å²) >= 11 is 0. The molecule has 2 rings (SSSR count). The second kappa shape index (κ2) is 5.47. The molecule has 2 aromatic rings. The molecule has 1 unspecified atom stereocenters. The number of nitrogens with two attached hydrogens (primary N) is 1. The van der Waals surface area contributed by atoms with Crippen LogP contribution in [0.1, 0.15) is 28.3 Å². The highest BCUT2D eigenvalue weighted by molar-refractivity contribution is 5.41. The highest BCUT2D eigenvalue weighted by Crippen LogP contribution is 2.29. The predicted molar refractivity (Wildman–Crippen MR) is 71.4 cm³/mol. The van der Waals surface area contributed by atoms with E-state index in [2.05, 4.69) is 5.43 Å². The molecule has 0 saturated carbocycles. The Morgan fingerprint density at radius 2 is 1.58 bits per heavy atom. The lowest BCUT2D eigenvalue weighted by Gasteiger charge is -2.21. The fourth-order valence-corrected chi connectivity index (χ4v) is 2.20. The minimum Gasteiger partial charge on any atom is -0.271 e. The molecular weight excluding hydrogens is 246 g/mol. The van der Waals surface area contributed by atoms with Gasteiger partial charge in [0.15, 0.2) is 0 Å². The molecule has 4 heteroatoms. The van der Waals surface area contributed by atoms with Crippen LogP contribution >= 0.6 is 0 Å². The van der Waals surface area contributed by atoms with Crippen molar-refractivity contribution in [3.63, 3.8) is 0 Å². The molecule has 0 aromatic heterocycles. The second-order valence-electron chi connectivity index (χ2n) is 4.52. The predicted octanol–water partition coefficient (Wildman–Crippen LogP) is 3.13. The van der Waals surface area contributed by atoms with E-state index in [9.17, 15) is 8.78 Å². The summed E-state index contributed by atoms with van der Waals surface area (Å²) in [4.78, 5) is 0. The highest BCUT2D eigenvalue weighted by Gasteiger charge is 2.22. The Balaban J connectivity index is 2.60. The molecule has 0 heterocycles. The smallest absolute Gasteiger partial charge is 0.131 e. The Morgan fingerprint density at radius 1 is 1.00 bits per heavy atom. The van der Waals surface area contributed by atoms with Gasteiger partial charge in [-0.1, -0.05) is 24.3 Å². The van der Waals surface area contributed by atoms with E-state index >= 15 is 0 Å². The van der Waals surface area contributed by atoms with Gasteiger partial charge in [0.25, 0.3) is 0 Å². The standard InChI is InChI=1S/C15H16F2N2/c1-9-5-3-6-11(10(9)2)15(19-18)14-12(16)7-4-8-13(14)17/h3-8,15,19H,18H2,1-2H3. The van der Waals surface area contributed by atoms with E-state index in [-0.39, 0.29) is 5.56 Å². The van der Waals surface area contributed by atoms with Crippen LogP contribution in [0.2, 0.25) is 0 Å². The van der Waals surface area contributed by atoms with Gasteiger partial charge < -0.3 is 0 Å². The lowest BCUT2D eigenvalue weighted by atomic mass is 9.92. The molecule has 2 aromatic carbocycles. The summed E-state index contributed by atoms with van der Waals surface area (Å²) in [6.07, 6.45) is 0. The van der Waals surface area contributed by atoms with E-state index in [0.717, 1.165) is 16.7 Å². The van der Waals surface area contributed by atoms with Crippen LogP contribution in [-0.2, 0) is 0 Å². The average Bonchev–Trinajstić information content (AvgIpc) is 2.38. The maximum absolute atomic E-state index is 13.9. The number of nitrogens with one attached hydrogen (secondary N) is 1. The van der Waals surface area contributed by atoms with E-state index in [1.54, 1.807) is 0 Å². The van der Waals surface area contributed by atoms with Crippen LogP contribution in [-0.4, -0.2) is 0 Å². The van der Waals surface area contributed by atoms with Gasteiger partial charge in [0.05, 0.1) is 6.04 Å². The molecule has 0 aliphatic carbocycles. The molecule has 0 fully saturated rings. The SMILES string of the molecule is Cc1cccc(C(NN)c2c(F)cccc2F)c1C. The van der Waals surface area contributed by atoms with Gasteiger partial charge in [-0.25, -0.2) is 14.2 Å². The van der Waals surface area contributed by atoms with Gasteiger partial charge in [0, 0.05) is 5.56 Å². The van der Waals surface area contributed by atoms with Gasteiger partial charge >= 0.3 is 0 Å². The molecule has 100 valence electrons. The summed E-state index contributed by atoms with van der Waals surface area (Å²) in [5.74, 6) is 4.30. The zero-order valence-electron chi connectivity index (χ0n) is 10.9. The van der Waals surface area contributed by atoms with E-state index < -0.39 is 17.7 Å². The fourth-order valence-electron chi connectivity index (χ4n) is 2.20. The Hall–Kier alpha value is -1.78. The summed E-state index contributed by atoms with van der Waals surface area (Å²) in [7, 11) is 0. The first-order chi connectivity index (χ1) is 9.06. The zero-order chi connectivity index (χ0) is 14.0. The van der Waals surface area contributed by atoms with Crippen molar-refractivity contribution in [2.45, 2.75) is 19.9 Å². The van der Waals surface area contributed by atoms with Crippen LogP contribution < -0.4 is 11.3 Å². The van der Waals surface area contributed by atoms with Gasteiger partial charge in [-0.05, 0) is 42.7 Å². The van der Waals surface area contributed by atoms with Crippen molar-refractivity contribution in [1.82, 2.24) is 5.43 Å². The second-order valence-corrected chi connectivity index (χ2v) is 4.52. The number of hydrogen-bond donors (Lipinski definition) is 2. The van der Waals surface area contributed by atoms with Gasteiger partial charge in [-0.2, -0.15) is 0 Å². The van der Waals surface area contributed by atoms with E-state index in [1.165, 1.54) is 18.2 Å². The largest absolute Gasteiger partial charge is 0.271 e. The molecular formula is C15H16F2N2. The Morgan fingerprint density at radius 3 is 2.16 bits per heavy atom. The first-order valence-electron chi connectivity index (χ1n) is 6.02. The molecule has 0 amide bonds. The molecule has 0 spiro atoms. The number of hydrogen-bond acceptors (Lipinski definition) is 2. The van der Waals surface area contributed by atoms with Crippen molar-refractivity contribution >= 4 is 0 Å². The van der Waals surface area contributed by atoms with Crippen LogP contribution in [0, 0.1) is 25.5 Å². The molecule has 0 aliphatic heterocycles. The number of halogens is 2. The Labute approximate surface area is 111 Å². The number of aryl methyl sites for hydroxylation is 1. The van der Waals surface area contributed by atoms with Crippen molar-refractivity contribution < 1.29 is 8.78 Å². The van der Waals surface area contributed by atoms with Gasteiger partial charge in [-0.3, -0.25) is 5.84 Å².